The van der Waals surface area contributed by atoms with Crippen LogP contribution in [0.2, 0.25) is 0 Å². The smallest absolute Gasteiger partial charge is 0.243 e. The molecule has 4 nitrogen and oxygen atoms in total. The number of hydrazone groups is 1. The van der Waals surface area contributed by atoms with Gasteiger partial charge < -0.3 is 4.74 Å². The molecule has 0 radical (unpaired) electrons. The monoisotopic (exact) mass is 400 g/mol. The standard InChI is InChI=1S/C23H26F2N2O2/c1-15-10-16(2)12-17(11-15)21-14-23(3,4)27(26-21)22(28)6-5-9-29-18-7-8-19(24)20(25)13-18/h7-8,10-13H,5-6,9,14H2,1-4H3. The third-order valence-corrected chi connectivity index (χ3v) is 4.88. The van der Waals surface area contributed by atoms with Gasteiger partial charge >= 0.3 is 0 Å². The Balaban J connectivity index is 1.60. The Kier molecular flexibility index (Phi) is 6.01. The Labute approximate surface area is 170 Å². The first kappa shape index (κ1) is 21.0. The zero-order valence-electron chi connectivity index (χ0n) is 17.3. The van der Waals surface area contributed by atoms with E-state index in [9.17, 15) is 13.6 Å². The first-order chi connectivity index (χ1) is 13.7. The van der Waals surface area contributed by atoms with Crippen molar-refractivity contribution in [3.63, 3.8) is 0 Å². The summed E-state index contributed by atoms with van der Waals surface area (Å²) in [6, 6.07) is 9.67. The Morgan fingerprint density at radius 3 is 2.45 bits per heavy atom. The number of hydrogen-bond donors (Lipinski definition) is 0. The maximum absolute atomic E-state index is 13.2. The number of amides is 1. The van der Waals surface area contributed by atoms with Crippen LogP contribution in [-0.2, 0) is 4.79 Å². The minimum Gasteiger partial charge on any atom is -0.493 e. The normalized spacial score (nSPS) is 15.4. The molecule has 1 aliphatic heterocycles. The zero-order chi connectivity index (χ0) is 21.2. The van der Waals surface area contributed by atoms with Crippen molar-refractivity contribution in [2.24, 2.45) is 5.10 Å². The van der Waals surface area contributed by atoms with Crippen molar-refractivity contribution < 1.29 is 18.3 Å². The number of aryl methyl sites for hydroxylation is 2. The summed E-state index contributed by atoms with van der Waals surface area (Å²) in [6.07, 6.45) is 1.41. The van der Waals surface area contributed by atoms with E-state index in [2.05, 4.69) is 23.3 Å². The molecule has 2 aromatic rings. The van der Waals surface area contributed by atoms with Gasteiger partial charge in [-0.25, -0.2) is 13.8 Å². The average Bonchev–Trinajstić information content (AvgIpc) is 2.96. The lowest BCUT2D eigenvalue weighted by Crippen LogP contribution is -2.40. The van der Waals surface area contributed by atoms with Gasteiger partial charge in [-0.15, -0.1) is 0 Å². The molecule has 2 aromatic carbocycles. The van der Waals surface area contributed by atoms with Gasteiger partial charge in [0.1, 0.15) is 5.75 Å². The number of hydrogen-bond acceptors (Lipinski definition) is 3. The van der Waals surface area contributed by atoms with E-state index in [1.807, 2.05) is 27.7 Å². The minimum atomic E-state index is -0.953. The Morgan fingerprint density at radius 1 is 1.10 bits per heavy atom. The van der Waals surface area contributed by atoms with Crippen LogP contribution in [-0.4, -0.2) is 28.8 Å². The van der Waals surface area contributed by atoms with Crippen LogP contribution in [0.25, 0.3) is 0 Å². The second-order valence-corrected chi connectivity index (χ2v) is 8.15. The van der Waals surface area contributed by atoms with Crippen LogP contribution in [0.3, 0.4) is 0 Å². The second kappa shape index (κ2) is 8.31. The lowest BCUT2D eigenvalue weighted by molar-refractivity contribution is -0.135. The van der Waals surface area contributed by atoms with Crippen molar-refractivity contribution in [1.82, 2.24) is 5.01 Å². The fourth-order valence-corrected chi connectivity index (χ4v) is 3.56. The van der Waals surface area contributed by atoms with Gasteiger partial charge in [-0.05, 0) is 51.8 Å². The van der Waals surface area contributed by atoms with Gasteiger partial charge in [-0.2, -0.15) is 5.10 Å². The molecule has 0 saturated heterocycles. The molecule has 29 heavy (non-hydrogen) atoms. The predicted octanol–water partition coefficient (Wildman–Crippen LogP) is 5.16. The van der Waals surface area contributed by atoms with Crippen molar-refractivity contribution in [3.05, 3.63) is 64.7 Å². The summed E-state index contributed by atoms with van der Waals surface area (Å²) in [7, 11) is 0. The Hall–Kier alpha value is -2.76. The van der Waals surface area contributed by atoms with Crippen LogP contribution in [0, 0.1) is 25.5 Å². The first-order valence-electron chi connectivity index (χ1n) is 9.73. The van der Waals surface area contributed by atoms with Crippen molar-refractivity contribution in [3.8, 4) is 5.75 Å². The van der Waals surface area contributed by atoms with Crippen LogP contribution >= 0.6 is 0 Å². The van der Waals surface area contributed by atoms with Crippen molar-refractivity contribution in [2.45, 2.75) is 52.5 Å². The molecule has 1 aliphatic rings. The lowest BCUT2D eigenvalue weighted by Gasteiger charge is -2.28. The third-order valence-electron chi connectivity index (χ3n) is 4.88. The summed E-state index contributed by atoms with van der Waals surface area (Å²) < 4.78 is 31.6. The number of halogens is 2. The molecule has 0 aliphatic carbocycles. The molecule has 0 atom stereocenters. The van der Waals surface area contributed by atoms with Crippen LogP contribution in [0.1, 0.15) is 49.8 Å². The summed E-state index contributed by atoms with van der Waals surface area (Å²) in [5.41, 5.74) is 3.89. The van der Waals surface area contributed by atoms with Gasteiger partial charge in [0, 0.05) is 18.9 Å². The number of benzene rings is 2. The molecule has 3 rings (SSSR count). The van der Waals surface area contributed by atoms with Gasteiger partial charge in [-0.1, -0.05) is 29.3 Å². The van der Waals surface area contributed by atoms with E-state index < -0.39 is 17.2 Å². The lowest BCUT2D eigenvalue weighted by atomic mass is 9.93. The maximum Gasteiger partial charge on any atom is 0.243 e. The summed E-state index contributed by atoms with van der Waals surface area (Å²) in [4.78, 5) is 12.7. The SMILES string of the molecule is Cc1cc(C)cc(C2=NN(C(=O)CCCOc3ccc(F)c(F)c3)C(C)(C)C2)c1. The van der Waals surface area contributed by atoms with Crippen LogP contribution in [0.15, 0.2) is 41.5 Å². The molecule has 0 fully saturated rings. The molecule has 0 unspecified atom stereocenters. The van der Waals surface area contributed by atoms with Gasteiger partial charge in [0.25, 0.3) is 0 Å². The molecule has 0 N–H and O–H groups in total. The first-order valence-corrected chi connectivity index (χ1v) is 9.73. The van der Waals surface area contributed by atoms with Crippen LogP contribution in [0.4, 0.5) is 8.78 Å². The van der Waals surface area contributed by atoms with Crippen LogP contribution < -0.4 is 4.74 Å². The maximum atomic E-state index is 13.2. The number of rotatable bonds is 6. The van der Waals surface area contributed by atoms with E-state index in [4.69, 9.17) is 4.74 Å². The Morgan fingerprint density at radius 2 is 1.79 bits per heavy atom. The molecule has 0 aromatic heterocycles. The molecule has 154 valence electrons. The van der Waals surface area contributed by atoms with E-state index in [0.29, 0.717) is 12.8 Å². The summed E-state index contributed by atoms with van der Waals surface area (Å²) in [5.74, 6) is -1.71. The quantitative estimate of drug-likeness (QED) is 0.629. The fraction of sp³-hybridized carbons (Fsp3) is 0.391. The number of carbonyl (C=O) groups excluding carboxylic acids is 1. The molecular formula is C23H26F2N2O2. The average molecular weight is 400 g/mol. The third kappa shape index (κ3) is 5.00. The van der Waals surface area contributed by atoms with E-state index in [1.54, 1.807) is 5.01 Å². The topological polar surface area (TPSA) is 41.9 Å². The largest absolute Gasteiger partial charge is 0.493 e. The predicted molar refractivity (Wildman–Crippen MR) is 109 cm³/mol. The second-order valence-electron chi connectivity index (χ2n) is 8.15. The van der Waals surface area contributed by atoms with E-state index in [-0.39, 0.29) is 24.7 Å². The van der Waals surface area contributed by atoms with Gasteiger partial charge in [0.2, 0.25) is 5.91 Å². The number of nitrogens with zero attached hydrogens (tertiary/aromatic N) is 2. The van der Waals surface area contributed by atoms with E-state index in [1.165, 1.54) is 17.2 Å². The number of carbonyl (C=O) groups is 1. The highest BCUT2D eigenvalue weighted by Crippen LogP contribution is 2.31. The van der Waals surface area contributed by atoms with Gasteiger partial charge in [0.05, 0.1) is 17.9 Å². The highest BCUT2D eigenvalue weighted by molar-refractivity contribution is 6.03. The van der Waals surface area contributed by atoms with Crippen LogP contribution in [0.5, 0.6) is 5.75 Å². The molecule has 0 bridgehead atoms. The van der Waals surface area contributed by atoms with Gasteiger partial charge in [0.15, 0.2) is 11.6 Å². The molecule has 1 amide bonds. The minimum absolute atomic E-state index is 0.0803. The summed E-state index contributed by atoms with van der Waals surface area (Å²) in [6.45, 7) is 8.34. The molecule has 0 spiro atoms. The molecule has 1 heterocycles. The zero-order valence-corrected chi connectivity index (χ0v) is 17.3. The fourth-order valence-electron chi connectivity index (χ4n) is 3.56. The molecule has 0 saturated carbocycles. The summed E-state index contributed by atoms with van der Waals surface area (Å²) >= 11 is 0. The van der Waals surface area contributed by atoms with Crippen molar-refractivity contribution in [1.29, 1.82) is 0 Å². The Bertz CT molecular complexity index is 934. The van der Waals surface area contributed by atoms with E-state index >= 15 is 0 Å². The highest BCUT2D eigenvalue weighted by atomic mass is 19.2. The number of ether oxygens (including phenoxy) is 1. The molecule has 6 heteroatoms. The molecular weight excluding hydrogens is 374 g/mol. The van der Waals surface area contributed by atoms with E-state index in [0.717, 1.165) is 23.4 Å². The van der Waals surface area contributed by atoms with Crippen molar-refractivity contribution >= 4 is 11.6 Å². The highest BCUT2D eigenvalue weighted by Gasteiger charge is 2.38. The summed E-state index contributed by atoms with van der Waals surface area (Å²) in [5, 5.41) is 6.19. The van der Waals surface area contributed by atoms with Gasteiger partial charge in [-0.3, -0.25) is 4.79 Å². The van der Waals surface area contributed by atoms with Crippen molar-refractivity contribution in [2.75, 3.05) is 6.61 Å².